The first kappa shape index (κ1) is 7.95. The molecule has 4 heteroatoms. The number of carbonyl (C=O) groups is 1. The van der Waals surface area contributed by atoms with Crippen LogP contribution in [0.2, 0.25) is 0 Å². The molecular weight excluding hydrogens is 170 g/mol. The lowest BCUT2D eigenvalue weighted by Gasteiger charge is -2.27. The quantitative estimate of drug-likeness (QED) is 0.419. The van der Waals surface area contributed by atoms with Gasteiger partial charge in [-0.15, -0.1) is 11.8 Å². The van der Waals surface area contributed by atoms with Gasteiger partial charge in [0.25, 0.3) is 0 Å². The molecule has 0 atom stereocenters. The van der Waals surface area contributed by atoms with Crippen molar-refractivity contribution in [2.45, 2.75) is 18.7 Å². The predicted molar refractivity (Wildman–Crippen MR) is 43.9 cm³/mol. The second-order valence-electron chi connectivity index (χ2n) is 2.47. The van der Waals surface area contributed by atoms with E-state index in [1.54, 1.807) is 18.0 Å². The lowest BCUT2D eigenvalue weighted by atomic mass is 10.3. The first-order valence-corrected chi connectivity index (χ1v) is 4.13. The summed E-state index contributed by atoms with van der Waals surface area (Å²) in [5, 5.41) is 1.44. The highest BCUT2D eigenvalue weighted by Gasteiger charge is 2.31. The molecule has 56 valence electrons. The van der Waals surface area contributed by atoms with E-state index in [1.165, 1.54) is 4.90 Å². The highest BCUT2D eigenvalue weighted by atomic mass is 35.5. The van der Waals surface area contributed by atoms with Gasteiger partial charge >= 0.3 is 5.37 Å². The predicted octanol–water partition coefficient (Wildman–Crippen LogP) is 2.60. The fraction of sp³-hybridized carbons (Fsp3) is 0.500. The monoisotopic (exact) mass is 177 g/mol. The van der Waals surface area contributed by atoms with E-state index < -0.39 is 5.37 Å². The molecule has 1 rings (SSSR count). The van der Waals surface area contributed by atoms with Crippen LogP contribution in [0, 0.1) is 0 Å². The molecule has 0 radical (unpaired) electrons. The molecule has 0 aromatic heterocycles. The first-order chi connectivity index (χ1) is 4.54. The fourth-order valence-electron chi connectivity index (χ4n) is 0.764. The van der Waals surface area contributed by atoms with Crippen LogP contribution < -0.4 is 0 Å². The summed E-state index contributed by atoms with van der Waals surface area (Å²) >= 11 is 6.87. The van der Waals surface area contributed by atoms with Gasteiger partial charge in [0.1, 0.15) is 0 Å². The van der Waals surface area contributed by atoms with Crippen molar-refractivity contribution in [3.8, 4) is 0 Å². The molecule has 0 fully saturated rings. The van der Waals surface area contributed by atoms with Crippen LogP contribution in [-0.2, 0) is 0 Å². The molecule has 0 bridgehead atoms. The van der Waals surface area contributed by atoms with Gasteiger partial charge in [0.05, 0.1) is 4.87 Å². The standard InChI is InChI=1S/C6H8ClNOS/c1-6(2)8(5(7)9)3-4-10-6/h3-4H,1-2H3. The van der Waals surface area contributed by atoms with Crippen LogP contribution in [0.1, 0.15) is 13.8 Å². The molecule has 1 heterocycles. The average molecular weight is 178 g/mol. The highest BCUT2D eigenvalue weighted by Crippen LogP contribution is 2.36. The largest absolute Gasteiger partial charge is 0.321 e. The Hall–Kier alpha value is -0.150. The number of carbonyl (C=O) groups excluding carboxylic acids is 1. The van der Waals surface area contributed by atoms with Crippen LogP contribution >= 0.6 is 23.4 Å². The maximum Gasteiger partial charge on any atom is 0.321 e. The number of halogens is 1. The molecule has 1 aliphatic rings. The van der Waals surface area contributed by atoms with Gasteiger partial charge in [-0.05, 0) is 30.9 Å². The number of hydrogen-bond acceptors (Lipinski definition) is 2. The summed E-state index contributed by atoms with van der Waals surface area (Å²) < 4.78 is 0. The molecule has 10 heavy (non-hydrogen) atoms. The van der Waals surface area contributed by atoms with Crippen molar-refractivity contribution < 1.29 is 4.79 Å². The van der Waals surface area contributed by atoms with Gasteiger partial charge in [0, 0.05) is 6.20 Å². The minimum absolute atomic E-state index is 0.209. The van der Waals surface area contributed by atoms with Gasteiger partial charge in [-0.2, -0.15) is 0 Å². The second-order valence-corrected chi connectivity index (χ2v) is 4.30. The van der Waals surface area contributed by atoms with Crippen LogP contribution in [0.15, 0.2) is 11.6 Å². The fourth-order valence-corrected chi connectivity index (χ4v) is 1.86. The number of rotatable bonds is 0. The molecule has 0 spiro atoms. The van der Waals surface area contributed by atoms with E-state index in [4.69, 9.17) is 11.6 Å². The van der Waals surface area contributed by atoms with E-state index in [0.29, 0.717) is 0 Å². The third-order valence-corrected chi connectivity index (χ3v) is 2.55. The van der Waals surface area contributed by atoms with Crippen molar-refractivity contribution in [3.05, 3.63) is 11.6 Å². The van der Waals surface area contributed by atoms with Crippen molar-refractivity contribution in [1.29, 1.82) is 0 Å². The molecule has 0 aliphatic carbocycles. The van der Waals surface area contributed by atoms with Crippen molar-refractivity contribution in [2.75, 3.05) is 0 Å². The van der Waals surface area contributed by atoms with Crippen molar-refractivity contribution in [1.82, 2.24) is 4.90 Å². The van der Waals surface area contributed by atoms with Crippen LogP contribution in [0.5, 0.6) is 0 Å². The minimum atomic E-state index is -0.425. The van der Waals surface area contributed by atoms with E-state index in [0.717, 1.165) is 0 Å². The van der Waals surface area contributed by atoms with Gasteiger partial charge in [-0.3, -0.25) is 9.69 Å². The smallest absolute Gasteiger partial charge is 0.290 e. The van der Waals surface area contributed by atoms with Crippen LogP contribution in [-0.4, -0.2) is 15.1 Å². The minimum Gasteiger partial charge on any atom is -0.290 e. The molecule has 0 saturated carbocycles. The lowest BCUT2D eigenvalue weighted by Crippen LogP contribution is -2.35. The van der Waals surface area contributed by atoms with Crippen molar-refractivity contribution in [2.24, 2.45) is 0 Å². The SMILES string of the molecule is CC1(C)SC=CN1C(=O)Cl. The maximum absolute atomic E-state index is 10.7. The Kier molecular flexibility index (Phi) is 1.97. The van der Waals surface area contributed by atoms with Gasteiger partial charge in [-0.1, -0.05) is 0 Å². The summed E-state index contributed by atoms with van der Waals surface area (Å²) in [7, 11) is 0. The van der Waals surface area contributed by atoms with Gasteiger partial charge < -0.3 is 0 Å². The Labute approximate surface area is 69.2 Å². The normalized spacial score (nSPS) is 21.7. The maximum atomic E-state index is 10.7. The highest BCUT2D eigenvalue weighted by molar-refractivity contribution is 8.03. The average Bonchev–Trinajstić information content (AvgIpc) is 2.08. The van der Waals surface area contributed by atoms with Crippen molar-refractivity contribution in [3.63, 3.8) is 0 Å². The number of hydrogen-bond donors (Lipinski definition) is 0. The topological polar surface area (TPSA) is 20.3 Å². The van der Waals surface area contributed by atoms with Gasteiger partial charge in [0.15, 0.2) is 0 Å². The third kappa shape index (κ3) is 1.30. The Bertz CT molecular complexity index is 190. The lowest BCUT2D eigenvalue weighted by molar-refractivity contribution is 0.225. The summed E-state index contributed by atoms with van der Waals surface area (Å²) in [4.78, 5) is 12.0. The number of amides is 1. The van der Waals surface area contributed by atoms with E-state index in [1.807, 2.05) is 19.3 Å². The molecule has 1 amide bonds. The van der Waals surface area contributed by atoms with E-state index in [-0.39, 0.29) is 4.87 Å². The Morgan fingerprint density at radius 2 is 2.30 bits per heavy atom. The third-order valence-electron chi connectivity index (χ3n) is 1.34. The molecule has 0 aromatic rings. The van der Waals surface area contributed by atoms with Crippen LogP contribution in [0.25, 0.3) is 0 Å². The van der Waals surface area contributed by atoms with Crippen molar-refractivity contribution >= 4 is 28.7 Å². The molecule has 2 nitrogen and oxygen atoms in total. The van der Waals surface area contributed by atoms with E-state index >= 15 is 0 Å². The summed E-state index contributed by atoms with van der Waals surface area (Å²) in [5.41, 5.74) is 0. The zero-order chi connectivity index (χ0) is 7.78. The summed E-state index contributed by atoms with van der Waals surface area (Å²) in [6.45, 7) is 3.88. The molecule has 1 aliphatic heterocycles. The number of nitrogens with zero attached hydrogens (tertiary/aromatic N) is 1. The summed E-state index contributed by atoms with van der Waals surface area (Å²) in [6.07, 6.45) is 1.69. The van der Waals surface area contributed by atoms with E-state index in [2.05, 4.69) is 0 Å². The Morgan fingerprint density at radius 1 is 1.70 bits per heavy atom. The van der Waals surface area contributed by atoms with Crippen LogP contribution in [0.4, 0.5) is 4.79 Å². The molecule has 0 N–H and O–H groups in total. The Morgan fingerprint density at radius 3 is 2.50 bits per heavy atom. The van der Waals surface area contributed by atoms with Gasteiger partial charge in [0.2, 0.25) is 0 Å². The molecule has 0 aromatic carbocycles. The first-order valence-electron chi connectivity index (χ1n) is 2.87. The summed E-state index contributed by atoms with van der Waals surface area (Å²) in [5.74, 6) is 0. The molecule has 0 unspecified atom stereocenters. The second kappa shape index (κ2) is 2.47. The van der Waals surface area contributed by atoms with Crippen LogP contribution in [0.3, 0.4) is 0 Å². The van der Waals surface area contributed by atoms with Gasteiger partial charge in [-0.25, -0.2) is 0 Å². The zero-order valence-corrected chi connectivity index (χ0v) is 7.37. The molecular formula is C6H8ClNOS. The zero-order valence-electron chi connectivity index (χ0n) is 5.80. The Balaban J connectivity index is 2.77. The van der Waals surface area contributed by atoms with E-state index in [9.17, 15) is 4.79 Å². The number of thioether (sulfide) groups is 1. The molecule has 0 saturated heterocycles. The summed E-state index contributed by atoms with van der Waals surface area (Å²) in [6, 6.07) is 0.